The second-order valence-electron chi connectivity index (χ2n) is 5.47. The van der Waals surface area contributed by atoms with Crippen molar-refractivity contribution in [2.24, 2.45) is 0 Å². The van der Waals surface area contributed by atoms with Crippen LogP contribution in [-0.2, 0) is 13.1 Å². The maximum Gasteiger partial charge on any atom is 0.315 e. The maximum absolute atomic E-state index is 11.9. The summed E-state index contributed by atoms with van der Waals surface area (Å²) in [5.74, 6) is 0. The third-order valence-electron chi connectivity index (χ3n) is 3.65. The molecule has 0 saturated carbocycles. The molecule has 1 unspecified atom stereocenters. The first-order valence-corrected chi connectivity index (χ1v) is 7.91. The van der Waals surface area contributed by atoms with Crippen molar-refractivity contribution in [2.75, 3.05) is 6.61 Å². The Kier molecular flexibility index (Phi) is 6.62. The molecule has 0 aliphatic rings. The Bertz CT molecular complexity index is 598. The molecule has 2 amide bonds. The predicted molar refractivity (Wildman–Crippen MR) is 88.9 cm³/mol. The third-order valence-corrected chi connectivity index (χ3v) is 3.65. The van der Waals surface area contributed by atoms with Gasteiger partial charge in [-0.15, -0.1) is 0 Å². The van der Waals surface area contributed by atoms with Crippen molar-refractivity contribution in [3.63, 3.8) is 0 Å². The second kappa shape index (κ2) is 8.95. The number of rotatable bonds is 8. The monoisotopic (exact) mass is 316 g/mol. The Labute approximate surface area is 136 Å². The molecule has 1 atom stereocenters. The molecule has 23 heavy (non-hydrogen) atoms. The van der Waals surface area contributed by atoms with Gasteiger partial charge in [0, 0.05) is 31.6 Å². The van der Waals surface area contributed by atoms with E-state index in [0.29, 0.717) is 19.5 Å². The number of aromatic nitrogens is 2. The summed E-state index contributed by atoms with van der Waals surface area (Å²) >= 11 is 0. The van der Waals surface area contributed by atoms with Crippen LogP contribution in [0.1, 0.15) is 30.9 Å². The number of urea groups is 1. The van der Waals surface area contributed by atoms with Gasteiger partial charge in [0.05, 0.1) is 6.54 Å². The summed E-state index contributed by atoms with van der Waals surface area (Å²) in [6, 6.07) is 9.76. The number of hydrogen-bond acceptors (Lipinski definition) is 3. The van der Waals surface area contributed by atoms with Gasteiger partial charge in [-0.3, -0.25) is 4.68 Å². The normalized spacial score (nSPS) is 11.9. The van der Waals surface area contributed by atoms with Gasteiger partial charge < -0.3 is 15.7 Å². The first-order chi connectivity index (χ1) is 11.2. The molecule has 0 aliphatic heterocycles. The standard InChI is InChI=1S/C17H24N4O2/c1-2-16(7-10-22)20-17(23)18-12-14-5-3-6-15(11-14)13-21-9-4-8-19-21/h3-6,8-9,11,16,22H,2,7,10,12-13H2,1H3,(H2,18,20,23). The molecule has 2 rings (SSSR count). The van der Waals surface area contributed by atoms with E-state index < -0.39 is 0 Å². The maximum atomic E-state index is 11.9. The molecule has 6 heteroatoms. The zero-order valence-corrected chi connectivity index (χ0v) is 13.4. The highest BCUT2D eigenvalue weighted by molar-refractivity contribution is 5.74. The number of carbonyl (C=O) groups excluding carboxylic acids is 1. The van der Waals surface area contributed by atoms with Crippen molar-refractivity contribution >= 4 is 6.03 Å². The van der Waals surface area contributed by atoms with Crippen LogP contribution in [0.15, 0.2) is 42.7 Å². The lowest BCUT2D eigenvalue weighted by molar-refractivity contribution is 0.227. The van der Waals surface area contributed by atoms with Crippen LogP contribution < -0.4 is 10.6 Å². The summed E-state index contributed by atoms with van der Waals surface area (Å²) in [5, 5.41) is 18.9. The summed E-state index contributed by atoms with van der Waals surface area (Å²) < 4.78 is 1.86. The number of hydrogen-bond donors (Lipinski definition) is 3. The number of aliphatic hydroxyl groups excluding tert-OH is 1. The summed E-state index contributed by atoms with van der Waals surface area (Å²) in [5.41, 5.74) is 2.18. The number of nitrogens with one attached hydrogen (secondary N) is 2. The van der Waals surface area contributed by atoms with Gasteiger partial charge in [-0.05, 0) is 30.0 Å². The van der Waals surface area contributed by atoms with E-state index in [1.165, 1.54) is 0 Å². The van der Waals surface area contributed by atoms with E-state index in [2.05, 4.69) is 21.8 Å². The lowest BCUT2D eigenvalue weighted by Crippen LogP contribution is -2.41. The van der Waals surface area contributed by atoms with Crippen molar-refractivity contribution in [3.05, 3.63) is 53.9 Å². The van der Waals surface area contributed by atoms with Crippen molar-refractivity contribution in [1.29, 1.82) is 0 Å². The smallest absolute Gasteiger partial charge is 0.315 e. The van der Waals surface area contributed by atoms with E-state index in [0.717, 1.165) is 17.5 Å². The Morgan fingerprint density at radius 3 is 2.87 bits per heavy atom. The molecule has 2 aromatic rings. The van der Waals surface area contributed by atoms with Gasteiger partial charge in [-0.25, -0.2) is 4.79 Å². The molecular formula is C17H24N4O2. The van der Waals surface area contributed by atoms with E-state index in [1.807, 2.05) is 42.1 Å². The molecule has 1 aromatic carbocycles. The molecule has 1 aromatic heterocycles. The van der Waals surface area contributed by atoms with Crippen molar-refractivity contribution in [2.45, 2.75) is 38.9 Å². The molecule has 1 heterocycles. The molecular weight excluding hydrogens is 292 g/mol. The topological polar surface area (TPSA) is 79.2 Å². The van der Waals surface area contributed by atoms with Gasteiger partial charge in [0.2, 0.25) is 0 Å². The van der Waals surface area contributed by atoms with E-state index in [4.69, 9.17) is 5.11 Å². The molecule has 0 radical (unpaired) electrons. The lowest BCUT2D eigenvalue weighted by Gasteiger charge is -2.16. The van der Waals surface area contributed by atoms with E-state index in [-0.39, 0.29) is 18.7 Å². The molecule has 0 aliphatic carbocycles. The van der Waals surface area contributed by atoms with E-state index in [9.17, 15) is 4.79 Å². The first-order valence-electron chi connectivity index (χ1n) is 7.91. The van der Waals surface area contributed by atoms with Crippen LogP contribution in [0.25, 0.3) is 0 Å². The van der Waals surface area contributed by atoms with Crippen LogP contribution in [0.2, 0.25) is 0 Å². The number of carbonyl (C=O) groups is 1. The summed E-state index contributed by atoms with van der Waals surface area (Å²) in [7, 11) is 0. The van der Waals surface area contributed by atoms with Gasteiger partial charge in [0.25, 0.3) is 0 Å². The molecule has 0 bridgehead atoms. The number of benzene rings is 1. The fourth-order valence-corrected chi connectivity index (χ4v) is 2.37. The summed E-state index contributed by atoms with van der Waals surface area (Å²) in [4.78, 5) is 11.9. The fraction of sp³-hybridized carbons (Fsp3) is 0.412. The lowest BCUT2D eigenvalue weighted by atomic mass is 10.1. The SMILES string of the molecule is CCC(CCO)NC(=O)NCc1cccc(Cn2cccn2)c1. The number of nitrogens with zero attached hydrogens (tertiary/aromatic N) is 2. The Hall–Kier alpha value is -2.34. The van der Waals surface area contributed by atoms with Crippen LogP contribution in [0, 0.1) is 0 Å². The van der Waals surface area contributed by atoms with Crippen LogP contribution in [0.5, 0.6) is 0 Å². The van der Waals surface area contributed by atoms with Gasteiger partial charge in [-0.1, -0.05) is 31.2 Å². The van der Waals surface area contributed by atoms with Gasteiger partial charge in [0.1, 0.15) is 0 Å². The molecule has 3 N–H and O–H groups in total. The largest absolute Gasteiger partial charge is 0.396 e. The summed E-state index contributed by atoms with van der Waals surface area (Å²) in [6.07, 6.45) is 5.05. The quantitative estimate of drug-likeness (QED) is 0.696. The molecule has 6 nitrogen and oxygen atoms in total. The fourth-order valence-electron chi connectivity index (χ4n) is 2.37. The Morgan fingerprint density at radius 1 is 1.35 bits per heavy atom. The zero-order chi connectivity index (χ0) is 16.5. The minimum absolute atomic E-state index is 0.00569. The van der Waals surface area contributed by atoms with Gasteiger partial charge in [-0.2, -0.15) is 5.10 Å². The van der Waals surface area contributed by atoms with E-state index in [1.54, 1.807) is 6.20 Å². The molecule has 0 fully saturated rings. The minimum Gasteiger partial charge on any atom is -0.396 e. The average molecular weight is 316 g/mol. The summed E-state index contributed by atoms with van der Waals surface area (Å²) in [6.45, 7) is 3.24. The zero-order valence-electron chi connectivity index (χ0n) is 13.4. The highest BCUT2D eigenvalue weighted by atomic mass is 16.3. The number of aliphatic hydroxyl groups is 1. The molecule has 0 spiro atoms. The highest BCUT2D eigenvalue weighted by Crippen LogP contribution is 2.07. The van der Waals surface area contributed by atoms with Crippen LogP contribution in [0.3, 0.4) is 0 Å². The minimum atomic E-state index is -0.206. The highest BCUT2D eigenvalue weighted by Gasteiger charge is 2.09. The van der Waals surface area contributed by atoms with Crippen molar-refractivity contribution < 1.29 is 9.90 Å². The van der Waals surface area contributed by atoms with Crippen LogP contribution in [0.4, 0.5) is 4.79 Å². The van der Waals surface area contributed by atoms with E-state index >= 15 is 0 Å². The predicted octanol–water partition coefficient (Wildman–Crippen LogP) is 1.89. The third kappa shape index (κ3) is 5.75. The van der Waals surface area contributed by atoms with Crippen LogP contribution >= 0.6 is 0 Å². The van der Waals surface area contributed by atoms with Gasteiger partial charge in [0.15, 0.2) is 0 Å². The average Bonchev–Trinajstić information content (AvgIpc) is 3.06. The van der Waals surface area contributed by atoms with Gasteiger partial charge >= 0.3 is 6.03 Å². The Balaban J connectivity index is 1.84. The first kappa shape index (κ1) is 17.0. The molecule has 0 saturated heterocycles. The number of amides is 2. The van der Waals surface area contributed by atoms with Crippen molar-refractivity contribution in [3.8, 4) is 0 Å². The molecule has 124 valence electrons. The van der Waals surface area contributed by atoms with Crippen molar-refractivity contribution in [1.82, 2.24) is 20.4 Å². The Morgan fingerprint density at radius 2 is 2.17 bits per heavy atom. The second-order valence-corrected chi connectivity index (χ2v) is 5.47. The van der Waals surface area contributed by atoms with Crippen LogP contribution in [-0.4, -0.2) is 33.6 Å².